The van der Waals surface area contributed by atoms with Crippen LogP contribution in [-0.4, -0.2) is 56.8 Å². The maximum Gasteiger partial charge on any atom is 0.414 e. The molecular formula is C17H20F2N2O4. The normalized spacial score (nSPS) is 25.2. The maximum absolute atomic E-state index is 14.6. The molecule has 3 aliphatic heterocycles. The van der Waals surface area contributed by atoms with Gasteiger partial charge in [0.25, 0.3) is 0 Å². The van der Waals surface area contributed by atoms with Crippen LogP contribution >= 0.6 is 0 Å². The monoisotopic (exact) mass is 354 g/mol. The van der Waals surface area contributed by atoms with E-state index in [-0.39, 0.29) is 29.9 Å². The summed E-state index contributed by atoms with van der Waals surface area (Å²) in [6, 6.07) is 2.30. The molecule has 4 rings (SSSR count). The van der Waals surface area contributed by atoms with E-state index in [0.29, 0.717) is 13.1 Å². The Bertz CT molecular complexity index is 662. The molecule has 0 saturated carbocycles. The first-order chi connectivity index (χ1) is 12.0. The van der Waals surface area contributed by atoms with Crippen LogP contribution in [0.15, 0.2) is 12.1 Å². The van der Waals surface area contributed by atoms with Gasteiger partial charge in [0.1, 0.15) is 11.8 Å². The third-order valence-electron chi connectivity index (χ3n) is 5.35. The fraction of sp³-hybridized carbons (Fsp3) is 0.588. The molecule has 8 heteroatoms. The van der Waals surface area contributed by atoms with Crippen molar-refractivity contribution < 1.29 is 28.2 Å². The Balaban J connectivity index is 1.54. The Morgan fingerprint density at radius 2 is 1.84 bits per heavy atom. The van der Waals surface area contributed by atoms with Gasteiger partial charge in [0.05, 0.1) is 32.1 Å². The zero-order valence-corrected chi connectivity index (χ0v) is 13.7. The molecule has 136 valence electrons. The fourth-order valence-electron chi connectivity index (χ4n) is 3.72. The lowest BCUT2D eigenvalue weighted by atomic mass is 9.77. The van der Waals surface area contributed by atoms with Gasteiger partial charge in [-0.3, -0.25) is 4.90 Å². The summed E-state index contributed by atoms with van der Waals surface area (Å²) in [4.78, 5) is 14.6. The molecule has 1 aromatic carbocycles. The second-order valence-corrected chi connectivity index (χ2v) is 7.04. The summed E-state index contributed by atoms with van der Waals surface area (Å²) in [6.45, 7) is 2.36. The molecule has 3 heterocycles. The fourth-order valence-corrected chi connectivity index (χ4v) is 3.72. The average Bonchev–Trinajstić information content (AvgIpc) is 2.94. The molecule has 3 fully saturated rings. The van der Waals surface area contributed by atoms with Gasteiger partial charge in [-0.05, 0) is 12.8 Å². The maximum atomic E-state index is 14.6. The first-order valence-electron chi connectivity index (χ1n) is 8.42. The van der Waals surface area contributed by atoms with Crippen molar-refractivity contribution in [2.75, 3.05) is 49.3 Å². The van der Waals surface area contributed by atoms with Crippen molar-refractivity contribution in [2.24, 2.45) is 5.41 Å². The Labute approximate surface area is 143 Å². The van der Waals surface area contributed by atoms with Crippen molar-refractivity contribution in [1.29, 1.82) is 0 Å². The lowest BCUT2D eigenvalue weighted by molar-refractivity contribution is -0.124. The lowest BCUT2D eigenvalue weighted by Crippen LogP contribution is -2.51. The van der Waals surface area contributed by atoms with E-state index >= 15 is 0 Å². The number of carbonyl (C=O) groups is 1. The van der Waals surface area contributed by atoms with E-state index in [0.717, 1.165) is 43.1 Å². The molecule has 1 N–H and O–H groups in total. The summed E-state index contributed by atoms with van der Waals surface area (Å²) in [7, 11) is 0. The van der Waals surface area contributed by atoms with Crippen molar-refractivity contribution in [1.82, 2.24) is 0 Å². The van der Waals surface area contributed by atoms with E-state index in [2.05, 4.69) is 0 Å². The van der Waals surface area contributed by atoms with Crippen molar-refractivity contribution >= 4 is 17.5 Å². The Morgan fingerprint density at radius 1 is 1.20 bits per heavy atom. The molecule has 0 unspecified atom stereocenters. The Kier molecular flexibility index (Phi) is 4.04. The number of hydrogen-bond donors (Lipinski definition) is 1. The van der Waals surface area contributed by atoms with Crippen LogP contribution in [0, 0.1) is 17.0 Å². The van der Waals surface area contributed by atoms with E-state index in [1.54, 1.807) is 4.90 Å². The summed E-state index contributed by atoms with van der Waals surface area (Å²) in [5.41, 5.74) is 0.229. The SMILES string of the molecule is O=C1O[C@@H](CO)CN1c1cc(F)c(N2CCC3(CC2)COC3)c(F)c1. The number of nitrogens with zero attached hydrogens (tertiary/aromatic N) is 2. The van der Waals surface area contributed by atoms with Crippen LogP contribution in [0.2, 0.25) is 0 Å². The number of anilines is 2. The Hall–Kier alpha value is -1.93. The third-order valence-corrected chi connectivity index (χ3v) is 5.35. The molecule has 1 spiro atoms. The molecule has 25 heavy (non-hydrogen) atoms. The summed E-state index contributed by atoms with van der Waals surface area (Å²) >= 11 is 0. The minimum atomic E-state index is -0.713. The first-order valence-corrected chi connectivity index (χ1v) is 8.42. The molecule has 3 aliphatic rings. The number of aliphatic hydroxyl groups excluding tert-OH is 1. The van der Waals surface area contributed by atoms with Crippen molar-refractivity contribution in [2.45, 2.75) is 18.9 Å². The van der Waals surface area contributed by atoms with Gasteiger partial charge >= 0.3 is 6.09 Å². The minimum Gasteiger partial charge on any atom is -0.441 e. The summed E-state index contributed by atoms with van der Waals surface area (Å²) in [5, 5.41) is 9.07. The number of cyclic esters (lactones) is 1. The van der Waals surface area contributed by atoms with Gasteiger partial charge in [0.2, 0.25) is 0 Å². The highest BCUT2D eigenvalue weighted by atomic mass is 19.1. The third kappa shape index (κ3) is 2.83. The second kappa shape index (κ2) is 6.10. The van der Waals surface area contributed by atoms with E-state index in [1.165, 1.54) is 0 Å². The smallest absolute Gasteiger partial charge is 0.414 e. The van der Waals surface area contributed by atoms with E-state index in [9.17, 15) is 13.6 Å². The number of ether oxygens (including phenoxy) is 2. The number of hydrogen-bond acceptors (Lipinski definition) is 5. The van der Waals surface area contributed by atoms with Crippen molar-refractivity contribution in [3.63, 3.8) is 0 Å². The van der Waals surface area contributed by atoms with Gasteiger partial charge in [-0.1, -0.05) is 0 Å². The van der Waals surface area contributed by atoms with Gasteiger partial charge in [0, 0.05) is 30.6 Å². The highest BCUT2D eigenvalue weighted by Gasteiger charge is 2.42. The van der Waals surface area contributed by atoms with Crippen LogP contribution in [0.3, 0.4) is 0 Å². The van der Waals surface area contributed by atoms with Gasteiger partial charge in [0.15, 0.2) is 11.6 Å². The summed E-state index contributed by atoms with van der Waals surface area (Å²) in [5.74, 6) is -1.40. The summed E-state index contributed by atoms with van der Waals surface area (Å²) in [6.07, 6.45) is 0.311. The molecule has 0 aliphatic carbocycles. The number of benzene rings is 1. The largest absolute Gasteiger partial charge is 0.441 e. The van der Waals surface area contributed by atoms with Crippen LogP contribution in [0.25, 0.3) is 0 Å². The molecule has 1 atom stereocenters. The van der Waals surface area contributed by atoms with Gasteiger partial charge in [-0.15, -0.1) is 0 Å². The number of piperidine rings is 1. The number of halogens is 2. The first kappa shape index (κ1) is 16.5. The van der Waals surface area contributed by atoms with Crippen LogP contribution in [0.4, 0.5) is 25.0 Å². The number of aliphatic hydroxyl groups is 1. The second-order valence-electron chi connectivity index (χ2n) is 7.04. The Morgan fingerprint density at radius 3 is 2.32 bits per heavy atom. The zero-order valence-electron chi connectivity index (χ0n) is 13.7. The molecule has 1 aromatic rings. The highest BCUT2D eigenvalue weighted by Crippen LogP contribution is 2.41. The standard InChI is InChI=1S/C17H20F2N2O4/c18-13-5-11(21-7-12(8-22)25-16(21)23)6-14(19)15(13)20-3-1-17(2-4-20)9-24-10-17/h5-6,12,22H,1-4,7-10H2/t12-/m1/s1. The van der Waals surface area contributed by atoms with Crippen LogP contribution in [0.1, 0.15) is 12.8 Å². The van der Waals surface area contributed by atoms with Crippen molar-refractivity contribution in [3.05, 3.63) is 23.8 Å². The van der Waals surface area contributed by atoms with Crippen LogP contribution in [-0.2, 0) is 9.47 Å². The number of rotatable bonds is 3. The van der Waals surface area contributed by atoms with Crippen LogP contribution < -0.4 is 9.80 Å². The molecule has 1 amide bonds. The van der Waals surface area contributed by atoms with E-state index < -0.39 is 23.8 Å². The lowest BCUT2D eigenvalue weighted by Gasteiger charge is -2.47. The molecule has 0 radical (unpaired) electrons. The average molecular weight is 354 g/mol. The van der Waals surface area contributed by atoms with E-state index in [1.807, 2.05) is 0 Å². The topological polar surface area (TPSA) is 62.2 Å². The number of amides is 1. The molecule has 3 saturated heterocycles. The predicted molar refractivity (Wildman–Crippen MR) is 85.8 cm³/mol. The molecule has 0 aromatic heterocycles. The van der Waals surface area contributed by atoms with Gasteiger partial charge < -0.3 is 19.5 Å². The van der Waals surface area contributed by atoms with E-state index in [4.69, 9.17) is 14.6 Å². The minimum absolute atomic E-state index is 0.0508. The highest BCUT2D eigenvalue weighted by molar-refractivity contribution is 5.90. The predicted octanol–water partition coefficient (Wildman–Crippen LogP) is 1.90. The van der Waals surface area contributed by atoms with Crippen molar-refractivity contribution in [3.8, 4) is 0 Å². The molecule has 6 nitrogen and oxygen atoms in total. The number of carbonyl (C=O) groups excluding carboxylic acids is 1. The quantitative estimate of drug-likeness (QED) is 0.898. The van der Waals surface area contributed by atoms with Crippen LogP contribution in [0.5, 0.6) is 0 Å². The van der Waals surface area contributed by atoms with Gasteiger partial charge in [-0.25, -0.2) is 13.6 Å². The molecule has 0 bridgehead atoms. The summed E-state index contributed by atoms with van der Waals surface area (Å²) < 4.78 is 39.4. The van der Waals surface area contributed by atoms with Gasteiger partial charge in [-0.2, -0.15) is 0 Å². The molecular weight excluding hydrogens is 334 g/mol. The zero-order chi connectivity index (χ0) is 17.6.